The molecular weight excluding hydrogens is 430 g/mol. The van der Waals surface area contributed by atoms with E-state index in [-0.39, 0.29) is 18.0 Å². The van der Waals surface area contributed by atoms with Crippen molar-refractivity contribution >= 4 is 28.4 Å². The van der Waals surface area contributed by atoms with E-state index in [2.05, 4.69) is 16.9 Å². The average Bonchev–Trinajstić information content (AvgIpc) is 2.84. The summed E-state index contributed by atoms with van der Waals surface area (Å²) in [6.07, 6.45) is 7.00. The first kappa shape index (κ1) is 22.1. The summed E-state index contributed by atoms with van der Waals surface area (Å²) < 4.78 is 1.78. The van der Waals surface area contributed by atoms with E-state index >= 15 is 0 Å². The van der Waals surface area contributed by atoms with Crippen molar-refractivity contribution < 1.29 is 9.59 Å². The number of nitrogens with zero attached hydrogens (tertiary/aromatic N) is 3. The van der Waals surface area contributed by atoms with E-state index in [4.69, 9.17) is 4.98 Å². The summed E-state index contributed by atoms with van der Waals surface area (Å²) in [5, 5.41) is 0.508. The number of rotatable bonds is 3. The second kappa shape index (κ2) is 9.67. The number of benzene rings is 2. The number of hydrogen-bond acceptors (Lipinski definition) is 5. The van der Waals surface area contributed by atoms with Gasteiger partial charge in [0.1, 0.15) is 5.82 Å². The number of carbonyl (C=O) groups excluding carboxylic acids is 2. The molecule has 0 fully saturated rings. The molecular formula is C26H29N5O3. The van der Waals surface area contributed by atoms with Crippen LogP contribution >= 0.6 is 0 Å². The number of aryl methyl sites for hydroxylation is 2. The highest BCUT2D eigenvalue weighted by Crippen LogP contribution is 2.26. The van der Waals surface area contributed by atoms with Gasteiger partial charge >= 0.3 is 0 Å². The summed E-state index contributed by atoms with van der Waals surface area (Å²) in [6, 6.07) is 13.0. The Morgan fingerprint density at radius 3 is 2.68 bits per heavy atom. The van der Waals surface area contributed by atoms with Crippen LogP contribution in [0.2, 0.25) is 0 Å². The highest BCUT2D eigenvalue weighted by Gasteiger charge is 2.19. The molecule has 0 aliphatic carbocycles. The lowest BCUT2D eigenvalue weighted by Crippen LogP contribution is -2.47. The van der Waals surface area contributed by atoms with Crippen molar-refractivity contribution in [3.05, 3.63) is 69.8 Å². The van der Waals surface area contributed by atoms with Crippen molar-refractivity contribution in [1.82, 2.24) is 20.4 Å². The Bertz CT molecular complexity index is 1300. The minimum Gasteiger partial charge on any atom is -0.362 e. The van der Waals surface area contributed by atoms with Crippen molar-refractivity contribution in [3.8, 4) is 0 Å². The molecule has 8 nitrogen and oxygen atoms in total. The van der Waals surface area contributed by atoms with E-state index in [0.717, 1.165) is 63.0 Å². The SMILES string of the molecule is O=C(CN1CCCc2ccccc21)NNC(=O)c1ccc2c(=O)n3c(nc2c1)CCCCCC3. The molecule has 2 aliphatic heterocycles. The Hall–Kier alpha value is -3.68. The average molecular weight is 460 g/mol. The predicted molar refractivity (Wildman–Crippen MR) is 131 cm³/mol. The molecule has 0 saturated heterocycles. The molecule has 0 atom stereocenters. The molecule has 0 radical (unpaired) electrons. The highest BCUT2D eigenvalue weighted by molar-refractivity contribution is 5.98. The molecule has 3 heterocycles. The summed E-state index contributed by atoms with van der Waals surface area (Å²) in [5.74, 6) is 0.0522. The highest BCUT2D eigenvalue weighted by atomic mass is 16.2. The van der Waals surface area contributed by atoms with Gasteiger partial charge in [0.05, 0.1) is 17.4 Å². The summed E-state index contributed by atoms with van der Waals surface area (Å²) >= 11 is 0. The van der Waals surface area contributed by atoms with Crippen molar-refractivity contribution in [2.45, 2.75) is 51.5 Å². The van der Waals surface area contributed by atoms with E-state index < -0.39 is 5.91 Å². The molecule has 5 rings (SSSR count). The number of fused-ring (bicyclic) bond motifs is 3. The van der Waals surface area contributed by atoms with Crippen LogP contribution in [0.25, 0.3) is 10.9 Å². The number of hydrazine groups is 1. The summed E-state index contributed by atoms with van der Waals surface area (Å²) in [5.41, 5.74) is 8.12. The normalized spacial score (nSPS) is 15.6. The predicted octanol–water partition coefficient (Wildman–Crippen LogP) is 2.73. The van der Waals surface area contributed by atoms with Crippen LogP contribution < -0.4 is 21.3 Å². The third kappa shape index (κ3) is 4.53. The van der Waals surface area contributed by atoms with Crippen LogP contribution in [0.5, 0.6) is 0 Å². The first-order valence-electron chi connectivity index (χ1n) is 12.1. The van der Waals surface area contributed by atoms with Gasteiger partial charge in [-0.3, -0.25) is 29.8 Å². The molecule has 0 spiro atoms. The number of nitrogens with one attached hydrogen (secondary N) is 2. The maximum atomic E-state index is 13.0. The van der Waals surface area contributed by atoms with Gasteiger partial charge in [-0.25, -0.2) is 4.98 Å². The molecule has 0 bridgehead atoms. The Morgan fingerprint density at radius 2 is 1.76 bits per heavy atom. The van der Waals surface area contributed by atoms with E-state index in [0.29, 0.717) is 23.0 Å². The van der Waals surface area contributed by atoms with Crippen molar-refractivity contribution in [2.75, 3.05) is 18.0 Å². The first-order valence-corrected chi connectivity index (χ1v) is 12.1. The van der Waals surface area contributed by atoms with Gasteiger partial charge in [0.25, 0.3) is 17.4 Å². The molecule has 2 aromatic carbocycles. The molecule has 1 aromatic heterocycles. The maximum absolute atomic E-state index is 13.0. The standard InChI is InChI=1S/C26H29N5O3/c32-24(17-30-14-7-9-18-8-4-5-10-22(18)30)28-29-25(33)19-12-13-20-21(16-19)27-23-11-3-1-2-6-15-31(23)26(20)34/h4-5,8,10,12-13,16H,1-3,6-7,9,11,14-15,17H2,(H,28,32)(H,29,33). The van der Waals surface area contributed by atoms with E-state index in [1.807, 2.05) is 23.1 Å². The van der Waals surface area contributed by atoms with Crippen LogP contribution in [0.4, 0.5) is 5.69 Å². The topological polar surface area (TPSA) is 96.3 Å². The summed E-state index contributed by atoms with van der Waals surface area (Å²) in [7, 11) is 0. The second-order valence-corrected chi connectivity index (χ2v) is 9.04. The summed E-state index contributed by atoms with van der Waals surface area (Å²) in [6.45, 7) is 1.65. The Labute approximate surface area is 198 Å². The van der Waals surface area contributed by atoms with Gasteiger partial charge < -0.3 is 4.90 Å². The zero-order chi connectivity index (χ0) is 23.5. The Kier molecular flexibility index (Phi) is 6.29. The quantitative estimate of drug-likeness (QED) is 0.587. The largest absolute Gasteiger partial charge is 0.362 e. The lowest BCUT2D eigenvalue weighted by Gasteiger charge is -2.30. The Balaban J connectivity index is 1.27. The van der Waals surface area contributed by atoms with Crippen LogP contribution in [-0.2, 0) is 24.2 Å². The van der Waals surface area contributed by atoms with E-state index in [9.17, 15) is 14.4 Å². The number of hydrogen-bond donors (Lipinski definition) is 2. The van der Waals surface area contributed by atoms with Gasteiger partial charge in [-0.1, -0.05) is 31.0 Å². The number of aromatic nitrogens is 2. The van der Waals surface area contributed by atoms with E-state index in [1.165, 1.54) is 5.56 Å². The third-order valence-electron chi connectivity index (χ3n) is 6.69. The van der Waals surface area contributed by atoms with Gasteiger partial charge in [0.2, 0.25) is 0 Å². The molecule has 0 unspecified atom stereocenters. The van der Waals surface area contributed by atoms with Crippen molar-refractivity contribution in [2.24, 2.45) is 0 Å². The Morgan fingerprint density at radius 1 is 0.912 bits per heavy atom. The summed E-state index contributed by atoms with van der Waals surface area (Å²) in [4.78, 5) is 44.9. The molecule has 2 N–H and O–H groups in total. The second-order valence-electron chi connectivity index (χ2n) is 9.04. The van der Waals surface area contributed by atoms with Crippen LogP contribution in [0.3, 0.4) is 0 Å². The molecule has 176 valence electrons. The van der Waals surface area contributed by atoms with Gasteiger partial charge in [0, 0.05) is 30.8 Å². The smallest absolute Gasteiger partial charge is 0.269 e. The number of carbonyl (C=O) groups is 2. The number of para-hydroxylation sites is 1. The fourth-order valence-electron chi connectivity index (χ4n) is 4.92. The maximum Gasteiger partial charge on any atom is 0.269 e. The number of anilines is 1. The van der Waals surface area contributed by atoms with E-state index in [1.54, 1.807) is 22.8 Å². The molecule has 2 aliphatic rings. The lowest BCUT2D eigenvalue weighted by molar-refractivity contribution is -0.120. The van der Waals surface area contributed by atoms with Gasteiger partial charge in [-0.15, -0.1) is 0 Å². The monoisotopic (exact) mass is 459 g/mol. The molecule has 0 saturated carbocycles. The fraction of sp³-hybridized carbons (Fsp3) is 0.385. The van der Waals surface area contributed by atoms with Crippen LogP contribution in [0.15, 0.2) is 47.3 Å². The fourth-order valence-corrected chi connectivity index (χ4v) is 4.92. The zero-order valence-electron chi connectivity index (χ0n) is 19.2. The third-order valence-corrected chi connectivity index (χ3v) is 6.69. The van der Waals surface area contributed by atoms with Crippen molar-refractivity contribution in [1.29, 1.82) is 0 Å². The van der Waals surface area contributed by atoms with Crippen LogP contribution in [0.1, 0.15) is 53.8 Å². The minimum absolute atomic E-state index is 0.0519. The number of amides is 2. The van der Waals surface area contributed by atoms with Crippen LogP contribution in [0, 0.1) is 0 Å². The molecule has 3 aromatic rings. The lowest BCUT2D eigenvalue weighted by atomic mass is 10.0. The zero-order valence-corrected chi connectivity index (χ0v) is 19.2. The van der Waals surface area contributed by atoms with Gasteiger partial charge in [-0.05, 0) is 55.5 Å². The minimum atomic E-state index is -0.442. The van der Waals surface area contributed by atoms with Crippen molar-refractivity contribution in [3.63, 3.8) is 0 Å². The molecule has 8 heteroatoms. The van der Waals surface area contributed by atoms with Gasteiger partial charge in [0.15, 0.2) is 0 Å². The first-order chi connectivity index (χ1) is 16.6. The van der Waals surface area contributed by atoms with Crippen LogP contribution in [-0.4, -0.2) is 34.5 Å². The molecule has 2 amide bonds. The van der Waals surface area contributed by atoms with Gasteiger partial charge in [-0.2, -0.15) is 0 Å². The molecule has 34 heavy (non-hydrogen) atoms.